The van der Waals surface area contributed by atoms with Crippen molar-refractivity contribution in [2.24, 2.45) is 0 Å². The molecule has 0 saturated heterocycles. The lowest BCUT2D eigenvalue weighted by molar-refractivity contribution is -0.130. The number of ether oxygens (including phenoxy) is 2. The van der Waals surface area contributed by atoms with Gasteiger partial charge in [-0.15, -0.1) is 0 Å². The lowest BCUT2D eigenvalue weighted by Gasteiger charge is -2.07. The number of methoxy groups -OCH3 is 1. The van der Waals surface area contributed by atoms with Crippen LogP contribution in [0, 0.1) is 0 Å². The van der Waals surface area contributed by atoms with Crippen molar-refractivity contribution in [1.29, 1.82) is 0 Å². The molecule has 0 heterocycles. The minimum absolute atomic E-state index is 0.225. The van der Waals surface area contributed by atoms with E-state index in [1.807, 2.05) is 24.3 Å². The van der Waals surface area contributed by atoms with Crippen molar-refractivity contribution in [3.63, 3.8) is 0 Å². The van der Waals surface area contributed by atoms with Crippen molar-refractivity contribution in [1.82, 2.24) is 0 Å². The van der Waals surface area contributed by atoms with Gasteiger partial charge < -0.3 is 14.6 Å². The van der Waals surface area contributed by atoms with E-state index in [9.17, 15) is 9.90 Å². The SMILES string of the molecule is CCCCOc1cccc(/C=C(\C(=O)O)c2ccc(OC)cc2)c1. The highest BCUT2D eigenvalue weighted by Gasteiger charge is 2.11. The number of hydrogen-bond donors (Lipinski definition) is 1. The quantitative estimate of drug-likeness (QED) is 0.441. The van der Waals surface area contributed by atoms with E-state index in [-0.39, 0.29) is 5.57 Å². The molecule has 0 saturated carbocycles. The Morgan fingerprint density at radius 1 is 1.12 bits per heavy atom. The van der Waals surface area contributed by atoms with E-state index < -0.39 is 5.97 Å². The van der Waals surface area contributed by atoms with Crippen LogP contribution in [0.5, 0.6) is 11.5 Å². The first-order chi connectivity index (χ1) is 11.6. The van der Waals surface area contributed by atoms with E-state index in [1.54, 1.807) is 37.5 Å². The van der Waals surface area contributed by atoms with Crippen LogP contribution in [0.3, 0.4) is 0 Å². The zero-order chi connectivity index (χ0) is 17.4. The van der Waals surface area contributed by atoms with Gasteiger partial charge in [-0.05, 0) is 47.9 Å². The number of carboxylic acids is 1. The molecule has 0 spiro atoms. The van der Waals surface area contributed by atoms with E-state index in [1.165, 1.54) is 0 Å². The molecule has 0 radical (unpaired) electrons. The van der Waals surface area contributed by atoms with E-state index in [0.29, 0.717) is 17.9 Å². The molecule has 0 amide bonds. The van der Waals surface area contributed by atoms with Gasteiger partial charge in [-0.1, -0.05) is 37.6 Å². The fraction of sp³-hybridized carbons (Fsp3) is 0.250. The molecule has 2 aromatic rings. The largest absolute Gasteiger partial charge is 0.497 e. The zero-order valence-corrected chi connectivity index (χ0v) is 14.0. The third kappa shape index (κ3) is 4.88. The van der Waals surface area contributed by atoms with Gasteiger partial charge in [0.1, 0.15) is 11.5 Å². The normalized spacial score (nSPS) is 11.2. The lowest BCUT2D eigenvalue weighted by atomic mass is 10.0. The maximum absolute atomic E-state index is 11.6. The van der Waals surface area contributed by atoms with Crippen LogP contribution in [0.1, 0.15) is 30.9 Å². The van der Waals surface area contributed by atoms with E-state index in [0.717, 1.165) is 24.2 Å². The maximum atomic E-state index is 11.6. The van der Waals surface area contributed by atoms with Gasteiger partial charge in [-0.3, -0.25) is 0 Å². The summed E-state index contributed by atoms with van der Waals surface area (Å²) in [5.74, 6) is 0.462. The molecule has 2 rings (SSSR count). The van der Waals surface area contributed by atoms with Gasteiger partial charge in [0.15, 0.2) is 0 Å². The van der Waals surface area contributed by atoms with Crippen molar-refractivity contribution < 1.29 is 19.4 Å². The molecule has 0 aliphatic heterocycles. The van der Waals surface area contributed by atoms with E-state index in [2.05, 4.69) is 6.92 Å². The van der Waals surface area contributed by atoms with Crippen molar-refractivity contribution in [2.45, 2.75) is 19.8 Å². The van der Waals surface area contributed by atoms with Crippen LogP contribution < -0.4 is 9.47 Å². The first kappa shape index (κ1) is 17.6. The number of aliphatic carboxylic acids is 1. The monoisotopic (exact) mass is 326 g/mol. The molecule has 4 heteroatoms. The molecular weight excluding hydrogens is 304 g/mol. The summed E-state index contributed by atoms with van der Waals surface area (Å²) in [5.41, 5.74) is 1.64. The fourth-order valence-corrected chi connectivity index (χ4v) is 2.23. The van der Waals surface area contributed by atoms with Gasteiger partial charge in [-0.25, -0.2) is 4.79 Å². The Bertz CT molecular complexity index is 702. The average molecular weight is 326 g/mol. The number of rotatable bonds is 8. The van der Waals surface area contributed by atoms with Gasteiger partial charge in [0, 0.05) is 0 Å². The Balaban J connectivity index is 2.26. The second-order valence-electron chi connectivity index (χ2n) is 5.37. The summed E-state index contributed by atoms with van der Waals surface area (Å²) < 4.78 is 10.8. The third-order valence-electron chi connectivity index (χ3n) is 3.57. The van der Waals surface area contributed by atoms with Gasteiger partial charge in [0.2, 0.25) is 0 Å². The van der Waals surface area contributed by atoms with E-state index in [4.69, 9.17) is 9.47 Å². The smallest absolute Gasteiger partial charge is 0.336 e. The molecular formula is C20H22O4. The highest BCUT2D eigenvalue weighted by molar-refractivity contribution is 6.20. The summed E-state index contributed by atoms with van der Waals surface area (Å²) >= 11 is 0. The topological polar surface area (TPSA) is 55.8 Å². The van der Waals surface area contributed by atoms with Crippen LogP contribution in [0.4, 0.5) is 0 Å². The lowest BCUT2D eigenvalue weighted by Crippen LogP contribution is -2.00. The fourth-order valence-electron chi connectivity index (χ4n) is 2.23. The predicted molar refractivity (Wildman–Crippen MR) is 95.3 cm³/mol. The van der Waals surface area contributed by atoms with Crippen LogP contribution in [0.2, 0.25) is 0 Å². The van der Waals surface area contributed by atoms with E-state index >= 15 is 0 Å². The molecule has 24 heavy (non-hydrogen) atoms. The molecule has 1 N–H and O–H groups in total. The average Bonchev–Trinajstić information content (AvgIpc) is 2.60. The summed E-state index contributed by atoms with van der Waals surface area (Å²) in [5, 5.41) is 9.53. The molecule has 0 aromatic heterocycles. The van der Waals surface area contributed by atoms with Gasteiger partial charge in [0.05, 0.1) is 19.3 Å². The summed E-state index contributed by atoms with van der Waals surface area (Å²) in [6.07, 6.45) is 3.71. The number of carboxylic acid groups (broad SMARTS) is 1. The highest BCUT2D eigenvalue weighted by Crippen LogP contribution is 2.23. The van der Waals surface area contributed by atoms with Gasteiger partial charge in [-0.2, -0.15) is 0 Å². The van der Waals surface area contributed by atoms with Crippen molar-refractivity contribution in [3.05, 3.63) is 59.7 Å². The van der Waals surface area contributed by atoms with Crippen LogP contribution in [0.15, 0.2) is 48.5 Å². The summed E-state index contributed by atoms with van der Waals surface area (Å²) in [7, 11) is 1.58. The minimum Gasteiger partial charge on any atom is -0.497 e. The third-order valence-corrected chi connectivity index (χ3v) is 3.57. The molecule has 0 atom stereocenters. The Morgan fingerprint density at radius 3 is 2.50 bits per heavy atom. The minimum atomic E-state index is -0.975. The second kappa shape index (κ2) is 8.77. The summed E-state index contributed by atoms with van der Waals surface area (Å²) in [6.45, 7) is 2.77. The van der Waals surface area contributed by atoms with Crippen LogP contribution in [0.25, 0.3) is 11.6 Å². The Hall–Kier alpha value is -2.75. The van der Waals surface area contributed by atoms with Gasteiger partial charge in [0.25, 0.3) is 0 Å². The van der Waals surface area contributed by atoms with Crippen molar-refractivity contribution in [2.75, 3.05) is 13.7 Å². The standard InChI is InChI=1S/C20H22O4/c1-3-4-12-24-18-7-5-6-15(13-18)14-19(20(21)22)16-8-10-17(23-2)11-9-16/h5-11,13-14H,3-4,12H2,1-2H3,(H,21,22)/b19-14-. The molecule has 2 aromatic carbocycles. The molecule has 0 unspecified atom stereocenters. The Morgan fingerprint density at radius 2 is 1.88 bits per heavy atom. The van der Waals surface area contributed by atoms with Crippen molar-refractivity contribution >= 4 is 17.6 Å². The predicted octanol–water partition coefficient (Wildman–Crippen LogP) is 4.50. The molecule has 0 aliphatic rings. The molecule has 0 aliphatic carbocycles. The number of unbranched alkanes of at least 4 members (excludes halogenated alkanes) is 1. The Labute approximate surface area is 142 Å². The zero-order valence-electron chi connectivity index (χ0n) is 14.0. The maximum Gasteiger partial charge on any atom is 0.336 e. The number of benzene rings is 2. The summed E-state index contributed by atoms with van der Waals surface area (Å²) in [4.78, 5) is 11.6. The molecule has 0 fully saturated rings. The summed E-state index contributed by atoms with van der Waals surface area (Å²) in [6, 6.07) is 14.4. The van der Waals surface area contributed by atoms with Crippen molar-refractivity contribution in [3.8, 4) is 11.5 Å². The number of carbonyl (C=O) groups is 1. The van der Waals surface area contributed by atoms with Crippen LogP contribution >= 0.6 is 0 Å². The first-order valence-electron chi connectivity index (χ1n) is 7.96. The molecule has 126 valence electrons. The van der Waals surface area contributed by atoms with Gasteiger partial charge >= 0.3 is 5.97 Å². The first-order valence-corrected chi connectivity index (χ1v) is 7.96. The molecule has 0 bridgehead atoms. The van der Waals surface area contributed by atoms with Crippen LogP contribution in [-0.4, -0.2) is 24.8 Å². The second-order valence-corrected chi connectivity index (χ2v) is 5.37. The highest BCUT2D eigenvalue weighted by atomic mass is 16.5. The molecule has 4 nitrogen and oxygen atoms in total. The number of hydrogen-bond acceptors (Lipinski definition) is 3. The Kier molecular flexibility index (Phi) is 6.43. The van der Waals surface area contributed by atoms with Crippen LogP contribution in [-0.2, 0) is 4.79 Å².